The number of nitrogens with zero attached hydrogens (tertiary/aromatic N) is 5. The molecule has 3 heterocycles. The Labute approximate surface area is 233 Å². The van der Waals surface area contributed by atoms with Crippen molar-refractivity contribution in [3.63, 3.8) is 0 Å². The summed E-state index contributed by atoms with van der Waals surface area (Å²) in [6, 6.07) is 12.7. The molecule has 0 radical (unpaired) electrons. The van der Waals surface area contributed by atoms with E-state index in [2.05, 4.69) is 45.2 Å². The first kappa shape index (κ1) is 29.8. The van der Waals surface area contributed by atoms with Crippen LogP contribution >= 0.6 is 0 Å². The second-order valence-corrected chi connectivity index (χ2v) is 10.1. The Bertz CT molecular complexity index is 1440. The number of nitrogen functional groups attached to an aromatic ring is 1. The number of rotatable bonds is 7. The van der Waals surface area contributed by atoms with Crippen molar-refractivity contribution in [1.82, 2.24) is 19.4 Å². The highest BCUT2D eigenvalue weighted by atomic mass is 19.4. The SMILES string of the molecule is N#Cc1cc2c(N)nc(OCC3CC=C(F)CC3)nc2n1Cc1ccc(CN2CCCC2)cc1.O=C(O)C(F)(F)F. The number of halogens is 4. The summed E-state index contributed by atoms with van der Waals surface area (Å²) >= 11 is 0. The van der Waals surface area contributed by atoms with E-state index in [9.17, 15) is 22.8 Å². The number of fused-ring (bicyclic) bond motifs is 1. The number of alkyl halides is 3. The lowest BCUT2D eigenvalue weighted by molar-refractivity contribution is -0.192. The highest BCUT2D eigenvalue weighted by Crippen LogP contribution is 2.28. The second kappa shape index (κ2) is 13.0. The highest BCUT2D eigenvalue weighted by molar-refractivity contribution is 5.88. The predicted molar refractivity (Wildman–Crippen MR) is 142 cm³/mol. The van der Waals surface area contributed by atoms with Crippen LogP contribution in [0.15, 0.2) is 42.2 Å². The summed E-state index contributed by atoms with van der Waals surface area (Å²) in [4.78, 5) is 20.2. The molecule has 41 heavy (non-hydrogen) atoms. The normalized spacial score (nSPS) is 17.4. The Morgan fingerprint density at radius 3 is 2.34 bits per heavy atom. The molecule has 3 N–H and O–H groups in total. The molecule has 1 saturated heterocycles. The van der Waals surface area contributed by atoms with Crippen LogP contribution in [0.25, 0.3) is 11.0 Å². The van der Waals surface area contributed by atoms with Crippen LogP contribution in [0, 0.1) is 17.2 Å². The molecule has 0 amide bonds. The predicted octanol–water partition coefficient (Wildman–Crippen LogP) is 5.19. The zero-order valence-electron chi connectivity index (χ0n) is 22.2. The van der Waals surface area contributed by atoms with Gasteiger partial charge >= 0.3 is 18.2 Å². The van der Waals surface area contributed by atoms with Gasteiger partial charge in [0, 0.05) is 6.54 Å². The van der Waals surface area contributed by atoms with E-state index in [0.29, 0.717) is 42.7 Å². The molecule has 0 spiro atoms. The molecular formula is C28H30F4N6O3. The molecule has 1 unspecified atom stereocenters. The summed E-state index contributed by atoms with van der Waals surface area (Å²) in [6.45, 7) is 4.22. The Hall–Kier alpha value is -4.18. The summed E-state index contributed by atoms with van der Waals surface area (Å²) < 4.78 is 52.7. The van der Waals surface area contributed by atoms with E-state index in [1.165, 1.54) is 31.5 Å². The van der Waals surface area contributed by atoms with Crippen LogP contribution in [0.4, 0.5) is 23.4 Å². The largest absolute Gasteiger partial charge is 0.490 e. The van der Waals surface area contributed by atoms with Gasteiger partial charge in [-0.1, -0.05) is 30.3 Å². The van der Waals surface area contributed by atoms with Gasteiger partial charge in [0.1, 0.15) is 17.6 Å². The lowest BCUT2D eigenvalue weighted by Crippen LogP contribution is -2.21. The quantitative estimate of drug-likeness (QED) is 0.369. The zero-order chi connectivity index (χ0) is 29.6. The number of anilines is 1. The molecule has 13 heteroatoms. The molecule has 1 aliphatic carbocycles. The third-order valence-electron chi connectivity index (χ3n) is 7.00. The molecule has 0 saturated carbocycles. The van der Waals surface area contributed by atoms with Crippen LogP contribution in [-0.2, 0) is 17.9 Å². The number of hydrogen-bond acceptors (Lipinski definition) is 7. The number of carboxylic acids is 1. The molecule has 3 aromatic rings. The number of allylic oxidation sites excluding steroid dienone is 2. The van der Waals surface area contributed by atoms with Gasteiger partial charge in [-0.05, 0) is 68.3 Å². The number of ether oxygens (including phenoxy) is 1. The van der Waals surface area contributed by atoms with Crippen molar-refractivity contribution in [3.8, 4) is 12.1 Å². The van der Waals surface area contributed by atoms with Crippen LogP contribution < -0.4 is 10.5 Å². The van der Waals surface area contributed by atoms with Crippen molar-refractivity contribution in [3.05, 3.63) is 59.1 Å². The van der Waals surface area contributed by atoms with E-state index in [1.807, 2.05) is 4.57 Å². The fourth-order valence-corrected chi connectivity index (χ4v) is 4.78. The van der Waals surface area contributed by atoms with Crippen LogP contribution in [0.2, 0.25) is 0 Å². The highest BCUT2D eigenvalue weighted by Gasteiger charge is 2.38. The molecule has 5 rings (SSSR count). The van der Waals surface area contributed by atoms with Gasteiger partial charge in [0.2, 0.25) is 0 Å². The van der Waals surface area contributed by atoms with Crippen molar-refractivity contribution in [2.45, 2.75) is 51.4 Å². The van der Waals surface area contributed by atoms with E-state index in [-0.39, 0.29) is 23.6 Å². The van der Waals surface area contributed by atoms with Gasteiger partial charge in [0.25, 0.3) is 0 Å². The lowest BCUT2D eigenvalue weighted by atomic mass is 9.95. The molecule has 2 aromatic heterocycles. The Morgan fingerprint density at radius 2 is 1.78 bits per heavy atom. The standard InChI is InChI=1S/C26H29FN6O.C2HF3O2/c27-21-9-7-20(8-10-21)17-34-26-30-24(29)23-13-22(14-28)33(25(23)31-26)16-19-5-3-18(4-6-19)15-32-11-1-2-12-32;3-2(4,5)1(6)7/h3-6,9,13,20H,1-2,7-8,10-12,15-17H2,(H2,29,30,31);(H,6,7). The third kappa shape index (κ3) is 7.94. The van der Waals surface area contributed by atoms with Gasteiger partial charge in [0.05, 0.1) is 24.4 Å². The number of nitrogens with two attached hydrogens (primary N) is 1. The fourth-order valence-electron chi connectivity index (χ4n) is 4.78. The first-order valence-corrected chi connectivity index (χ1v) is 13.2. The first-order chi connectivity index (χ1) is 19.5. The van der Waals surface area contributed by atoms with Gasteiger partial charge in [-0.15, -0.1) is 0 Å². The van der Waals surface area contributed by atoms with E-state index in [1.54, 1.807) is 12.1 Å². The van der Waals surface area contributed by atoms with Crippen LogP contribution in [0.1, 0.15) is 48.9 Å². The fraction of sp³-hybridized carbons (Fsp3) is 0.429. The molecule has 1 aromatic carbocycles. The number of likely N-dealkylation sites (tertiary alicyclic amines) is 1. The van der Waals surface area contributed by atoms with E-state index in [4.69, 9.17) is 20.4 Å². The summed E-state index contributed by atoms with van der Waals surface area (Å²) in [6.07, 6.45) is 0.929. The maximum Gasteiger partial charge on any atom is 0.490 e. The van der Waals surface area contributed by atoms with Crippen molar-refractivity contribution < 1.29 is 32.2 Å². The van der Waals surface area contributed by atoms with Crippen molar-refractivity contribution in [2.75, 3.05) is 25.4 Å². The number of aliphatic carboxylic acids is 1. The molecule has 1 aliphatic heterocycles. The Balaban J connectivity index is 0.000000493. The monoisotopic (exact) mass is 574 g/mol. The Morgan fingerprint density at radius 1 is 1.15 bits per heavy atom. The maximum atomic E-state index is 13.3. The van der Waals surface area contributed by atoms with Gasteiger partial charge in [0.15, 0.2) is 5.65 Å². The average molecular weight is 575 g/mol. The lowest BCUT2D eigenvalue weighted by Gasteiger charge is -2.18. The number of hydrogen-bond donors (Lipinski definition) is 2. The van der Waals surface area contributed by atoms with Crippen LogP contribution in [-0.4, -0.2) is 56.4 Å². The minimum atomic E-state index is -5.08. The number of aromatic nitrogens is 3. The number of carbonyl (C=O) groups is 1. The topological polar surface area (TPSA) is 130 Å². The van der Waals surface area contributed by atoms with E-state index in [0.717, 1.165) is 18.5 Å². The molecule has 9 nitrogen and oxygen atoms in total. The van der Waals surface area contributed by atoms with Gasteiger partial charge < -0.3 is 20.1 Å². The molecular weight excluding hydrogens is 544 g/mol. The summed E-state index contributed by atoms with van der Waals surface area (Å²) in [5.41, 5.74) is 9.62. The molecule has 1 atom stereocenters. The summed E-state index contributed by atoms with van der Waals surface area (Å²) in [5, 5.41) is 17.5. The molecule has 218 valence electrons. The molecule has 1 fully saturated rings. The molecule has 2 aliphatic rings. The summed E-state index contributed by atoms with van der Waals surface area (Å²) in [5.74, 6) is -2.30. The molecule has 0 bridgehead atoms. The van der Waals surface area contributed by atoms with Crippen molar-refractivity contribution in [1.29, 1.82) is 5.26 Å². The van der Waals surface area contributed by atoms with Gasteiger partial charge in [-0.2, -0.15) is 28.4 Å². The third-order valence-corrected chi connectivity index (χ3v) is 7.00. The average Bonchev–Trinajstić information content (AvgIpc) is 3.57. The van der Waals surface area contributed by atoms with Gasteiger partial charge in [-0.25, -0.2) is 9.18 Å². The Kier molecular flexibility index (Phi) is 9.44. The second-order valence-electron chi connectivity index (χ2n) is 10.1. The number of nitriles is 1. The number of benzene rings is 1. The van der Waals surface area contributed by atoms with Crippen LogP contribution in [0.3, 0.4) is 0 Å². The van der Waals surface area contributed by atoms with Crippen molar-refractivity contribution in [2.24, 2.45) is 5.92 Å². The zero-order valence-corrected chi connectivity index (χ0v) is 22.2. The van der Waals surface area contributed by atoms with E-state index >= 15 is 0 Å². The van der Waals surface area contributed by atoms with E-state index < -0.39 is 12.1 Å². The minimum absolute atomic E-state index is 0.0518. The van der Waals surface area contributed by atoms with Gasteiger partial charge in [-0.3, -0.25) is 4.90 Å². The smallest absolute Gasteiger partial charge is 0.475 e. The maximum absolute atomic E-state index is 13.3. The van der Waals surface area contributed by atoms with Crippen molar-refractivity contribution >= 4 is 22.8 Å². The minimum Gasteiger partial charge on any atom is -0.475 e. The first-order valence-electron chi connectivity index (χ1n) is 13.2. The number of carboxylic acid groups (broad SMARTS) is 1. The van der Waals surface area contributed by atoms with Crippen LogP contribution in [0.5, 0.6) is 6.01 Å². The summed E-state index contributed by atoms with van der Waals surface area (Å²) in [7, 11) is 0.